The lowest BCUT2D eigenvalue weighted by atomic mass is 9.95. The van der Waals surface area contributed by atoms with E-state index >= 15 is 0 Å². The van der Waals surface area contributed by atoms with Gasteiger partial charge in [0.25, 0.3) is 17.7 Å². The van der Waals surface area contributed by atoms with Gasteiger partial charge in [-0.15, -0.1) is 0 Å². The monoisotopic (exact) mass is 849 g/mol. The third kappa shape index (κ3) is 8.35. The Hall–Kier alpha value is -7.00. The van der Waals surface area contributed by atoms with Crippen LogP contribution in [0.2, 0.25) is 0 Å². The number of anilines is 4. The van der Waals surface area contributed by atoms with Crippen molar-refractivity contribution < 1.29 is 28.7 Å². The number of nitrogens with zero attached hydrogens (tertiary/aromatic N) is 6. The zero-order chi connectivity index (χ0) is 43.6. The number of piperidine rings is 1. The topological polar surface area (TPSA) is 175 Å². The highest BCUT2D eigenvalue weighted by molar-refractivity contribution is 6.23. The molecule has 9 rings (SSSR count). The highest BCUT2D eigenvalue weighted by Gasteiger charge is 2.43. The molecule has 0 bridgehead atoms. The van der Waals surface area contributed by atoms with Crippen molar-refractivity contribution in [1.82, 2.24) is 24.9 Å². The number of aryl methyl sites for hydroxylation is 2. The van der Waals surface area contributed by atoms with Crippen molar-refractivity contribution in [2.24, 2.45) is 11.7 Å². The van der Waals surface area contributed by atoms with Gasteiger partial charge in [-0.2, -0.15) is 5.10 Å². The standard InChI is InChI=1S/C48H51N9O6/c1-50-46(60)41(8-5-27-58)57-47(61)38-16-13-34(28-39(38)48(57)62)54-20-17-31(18-21-54)30-53-23-25-55(26-24-53)35-12-9-32-19-22-56-45(51-40(32)29-35)42(44(49)59)43(52-56)33-10-14-37(15-11-33)63-36-6-3-2-4-7-36/h2-4,6-7,9-16,27-29,31,41,51H,5,8,17-26,30H2,1H3,(H2,49,59)(H,50,60). The molecule has 324 valence electrons. The number of aldehydes is 1. The number of hydrogen-bond donors (Lipinski definition) is 3. The molecular weight excluding hydrogens is 799 g/mol. The fourth-order valence-corrected chi connectivity index (χ4v) is 9.37. The second-order valence-electron chi connectivity index (χ2n) is 16.6. The van der Waals surface area contributed by atoms with Crippen molar-refractivity contribution in [3.63, 3.8) is 0 Å². The predicted octanol–water partition coefficient (Wildman–Crippen LogP) is 5.47. The molecule has 2 saturated heterocycles. The number of imide groups is 1. The zero-order valence-corrected chi connectivity index (χ0v) is 35.3. The van der Waals surface area contributed by atoms with Gasteiger partial charge >= 0.3 is 0 Å². The molecule has 2 fully saturated rings. The minimum absolute atomic E-state index is 0.0650. The molecule has 63 heavy (non-hydrogen) atoms. The Labute approximate surface area is 365 Å². The number of para-hydroxylation sites is 1. The Balaban J connectivity index is 0.797. The summed E-state index contributed by atoms with van der Waals surface area (Å²) in [6.45, 7) is 6.98. The second kappa shape index (κ2) is 17.8. The second-order valence-corrected chi connectivity index (χ2v) is 16.6. The van der Waals surface area contributed by atoms with Crippen molar-refractivity contribution in [2.75, 3.05) is 68.0 Å². The molecule has 4 aliphatic heterocycles. The molecule has 15 nitrogen and oxygen atoms in total. The molecule has 1 aromatic heterocycles. The number of aromatic nitrogens is 2. The van der Waals surface area contributed by atoms with Crippen LogP contribution >= 0.6 is 0 Å². The van der Waals surface area contributed by atoms with Gasteiger partial charge in [0.1, 0.15) is 40.9 Å². The van der Waals surface area contributed by atoms with Crippen molar-refractivity contribution in [1.29, 1.82) is 0 Å². The summed E-state index contributed by atoms with van der Waals surface area (Å²) < 4.78 is 7.82. The Kier molecular flexibility index (Phi) is 11.7. The Morgan fingerprint density at radius 2 is 1.52 bits per heavy atom. The summed E-state index contributed by atoms with van der Waals surface area (Å²) in [6.07, 6.45) is 3.60. The van der Waals surface area contributed by atoms with E-state index in [2.05, 4.69) is 43.5 Å². The smallest absolute Gasteiger partial charge is 0.262 e. The van der Waals surface area contributed by atoms with Gasteiger partial charge in [-0.3, -0.25) is 29.0 Å². The number of primary amides is 1. The van der Waals surface area contributed by atoms with Crippen LogP contribution in [-0.2, 0) is 22.6 Å². The number of hydrogen-bond acceptors (Lipinski definition) is 11. The van der Waals surface area contributed by atoms with Gasteiger partial charge in [-0.25, -0.2) is 4.68 Å². The quantitative estimate of drug-likeness (QED) is 0.101. The van der Waals surface area contributed by atoms with Crippen LogP contribution in [0.3, 0.4) is 0 Å². The number of nitrogens with one attached hydrogen (secondary N) is 2. The number of rotatable bonds is 13. The van der Waals surface area contributed by atoms with E-state index in [1.807, 2.05) is 65.3 Å². The summed E-state index contributed by atoms with van der Waals surface area (Å²) in [6, 6.07) is 27.9. The molecule has 4 N–H and O–H groups in total. The minimum atomic E-state index is -1.04. The van der Waals surface area contributed by atoms with E-state index in [4.69, 9.17) is 15.6 Å². The van der Waals surface area contributed by atoms with Crippen molar-refractivity contribution >= 4 is 52.8 Å². The summed E-state index contributed by atoms with van der Waals surface area (Å²) in [5.74, 6) is 0.533. The number of nitrogens with two attached hydrogens (primary N) is 1. The molecule has 0 spiro atoms. The van der Waals surface area contributed by atoms with E-state index in [1.165, 1.54) is 7.05 Å². The fraction of sp³-hybridized carbons (Fsp3) is 0.333. The number of ether oxygens (including phenoxy) is 1. The van der Waals surface area contributed by atoms with E-state index in [0.717, 1.165) is 104 Å². The largest absolute Gasteiger partial charge is 0.457 e. The molecule has 15 heteroatoms. The van der Waals surface area contributed by atoms with Crippen LogP contribution < -0.4 is 30.9 Å². The summed E-state index contributed by atoms with van der Waals surface area (Å²) in [7, 11) is 1.45. The summed E-state index contributed by atoms with van der Waals surface area (Å²) in [5.41, 5.74) is 12.4. The van der Waals surface area contributed by atoms with Crippen molar-refractivity contribution in [3.05, 3.63) is 113 Å². The van der Waals surface area contributed by atoms with E-state index < -0.39 is 29.7 Å². The summed E-state index contributed by atoms with van der Waals surface area (Å²) in [4.78, 5) is 71.7. The van der Waals surface area contributed by atoms with Crippen LogP contribution in [0.25, 0.3) is 11.3 Å². The van der Waals surface area contributed by atoms with Gasteiger partial charge in [-0.05, 0) is 104 Å². The lowest BCUT2D eigenvalue weighted by molar-refractivity contribution is -0.124. The van der Waals surface area contributed by atoms with E-state index in [1.54, 1.807) is 12.1 Å². The average Bonchev–Trinajstić information content (AvgIpc) is 3.72. The molecule has 0 radical (unpaired) electrons. The van der Waals surface area contributed by atoms with E-state index in [-0.39, 0.29) is 18.4 Å². The number of carbonyl (C=O) groups excluding carboxylic acids is 5. The predicted molar refractivity (Wildman–Crippen MR) is 240 cm³/mol. The number of fused-ring (bicyclic) bond motifs is 3. The van der Waals surface area contributed by atoms with Gasteiger partial charge < -0.3 is 35.7 Å². The van der Waals surface area contributed by atoms with Crippen LogP contribution in [0.15, 0.2) is 91.0 Å². The molecule has 4 amide bonds. The lowest BCUT2D eigenvalue weighted by Gasteiger charge is -2.40. The molecular formula is C48H51N9O6. The first-order valence-electron chi connectivity index (χ1n) is 21.7. The SMILES string of the molecule is CNC(=O)C(CCC=O)N1C(=O)c2ccc(N3CCC(CN4CCN(c5ccc6c(c5)Nc5c(C(N)=O)c(-c7ccc(Oc8ccccc8)cc7)nn5CC6)CC4)CC3)cc2C1=O. The number of carbonyl (C=O) groups is 5. The van der Waals surface area contributed by atoms with Gasteiger partial charge in [0.15, 0.2) is 0 Å². The van der Waals surface area contributed by atoms with Crippen LogP contribution in [0.5, 0.6) is 11.5 Å². The van der Waals surface area contributed by atoms with Gasteiger partial charge in [-0.1, -0.05) is 24.3 Å². The van der Waals surface area contributed by atoms with Crippen LogP contribution in [0.1, 0.15) is 62.3 Å². The first-order valence-corrected chi connectivity index (χ1v) is 21.7. The molecule has 4 aliphatic rings. The summed E-state index contributed by atoms with van der Waals surface area (Å²) >= 11 is 0. The maximum atomic E-state index is 13.5. The highest BCUT2D eigenvalue weighted by atomic mass is 16.5. The maximum Gasteiger partial charge on any atom is 0.262 e. The molecule has 4 aromatic carbocycles. The molecule has 1 atom stereocenters. The van der Waals surface area contributed by atoms with Gasteiger partial charge in [0, 0.05) is 88.5 Å². The van der Waals surface area contributed by atoms with E-state index in [0.29, 0.717) is 47.1 Å². The van der Waals surface area contributed by atoms with Crippen LogP contribution in [0.4, 0.5) is 22.9 Å². The fourth-order valence-electron chi connectivity index (χ4n) is 9.37. The van der Waals surface area contributed by atoms with Gasteiger partial charge in [0.2, 0.25) is 5.91 Å². The summed E-state index contributed by atoms with van der Waals surface area (Å²) in [5, 5.41) is 11.0. The first-order chi connectivity index (χ1) is 30.7. The van der Waals surface area contributed by atoms with Crippen molar-refractivity contribution in [2.45, 2.75) is 44.7 Å². The maximum absolute atomic E-state index is 13.5. The third-order valence-electron chi connectivity index (χ3n) is 12.8. The first kappa shape index (κ1) is 41.4. The third-order valence-corrected chi connectivity index (χ3v) is 12.8. The molecule has 1 unspecified atom stereocenters. The Morgan fingerprint density at radius 1 is 0.841 bits per heavy atom. The van der Waals surface area contributed by atoms with E-state index in [9.17, 15) is 24.0 Å². The van der Waals surface area contributed by atoms with Crippen LogP contribution in [0, 0.1) is 5.92 Å². The number of benzene rings is 4. The van der Waals surface area contributed by atoms with Gasteiger partial charge in [0.05, 0.1) is 11.1 Å². The zero-order valence-electron chi connectivity index (χ0n) is 35.3. The average molecular weight is 850 g/mol. The Morgan fingerprint density at radius 3 is 2.24 bits per heavy atom. The molecule has 5 heterocycles. The van der Waals surface area contributed by atoms with Crippen LogP contribution in [-0.4, -0.2) is 108 Å². The lowest BCUT2D eigenvalue weighted by Crippen LogP contribution is -2.49. The number of piperazine rings is 1. The minimum Gasteiger partial charge on any atom is -0.457 e. The normalized spacial score (nSPS) is 17.0. The number of likely N-dealkylation sites (N-methyl/N-ethyl adjacent to an activating group) is 1. The molecule has 0 saturated carbocycles. The van der Waals surface area contributed by atoms with Crippen molar-refractivity contribution in [3.8, 4) is 22.8 Å². The highest BCUT2D eigenvalue weighted by Crippen LogP contribution is 2.37. The Bertz CT molecular complexity index is 2540. The number of amides is 4. The molecule has 5 aromatic rings. The molecule has 0 aliphatic carbocycles.